The van der Waals surface area contributed by atoms with Crippen LogP contribution in [0, 0.1) is 17.0 Å². The predicted molar refractivity (Wildman–Crippen MR) is 112 cm³/mol. The maximum atomic E-state index is 12.1. The number of carbonyl (C=O) groups is 2. The molecule has 152 valence electrons. The van der Waals surface area contributed by atoms with Crippen LogP contribution in [0.25, 0.3) is 17.4 Å². The minimum Gasteiger partial charge on any atom is -0.478 e. The average molecular weight is 427 g/mol. The summed E-state index contributed by atoms with van der Waals surface area (Å²) in [6.07, 6.45) is 2.66. The molecule has 0 spiro atoms. The molecule has 1 amide bonds. The van der Waals surface area contributed by atoms with Gasteiger partial charge in [-0.15, -0.1) is 0 Å². The molecule has 0 saturated heterocycles. The maximum Gasteiger partial charge on any atom is 0.335 e. The fourth-order valence-corrected chi connectivity index (χ4v) is 2.88. The number of aromatic carboxylic acids is 1. The van der Waals surface area contributed by atoms with Crippen LogP contribution < -0.4 is 5.32 Å². The van der Waals surface area contributed by atoms with E-state index in [0.29, 0.717) is 22.6 Å². The van der Waals surface area contributed by atoms with Crippen LogP contribution in [0.4, 0.5) is 11.4 Å². The standard InChI is InChI=1S/C21H15ClN2O6/c1-12-10-14(24(28)29)3-6-16(12)19-8-4-15(30-19)5-9-20(25)23-18-11-13(21(26)27)2-7-17(18)22/h2-11H,1H3,(H,23,25)(H,26,27)/b9-5+. The molecule has 8 nitrogen and oxygen atoms in total. The van der Waals surface area contributed by atoms with Crippen LogP contribution >= 0.6 is 11.6 Å². The van der Waals surface area contributed by atoms with Crippen LogP contribution in [-0.4, -0.2) is 21.9 Å². The Bertz CT molecular complexity index is 1180. The fraction of sp³-hybridized carbons (Fsp3) is 0.0476. The second-order valence-corrected chi connectivity index (χ2v) is 6.69. The lowest BCUT2D eigenvalue weighted by Gasteiger charge is -2.06. The van der Waals surface area contributed by atoms with Crippen molar-refractivity contribution in [2.75, 3.05) is 5.32 Å². The molecule has 0 saturated carbocycles. The van der Waals surface area contributed by atoms with Crippen LogP contribution in [0.1, 0.15) is 21.7 Å². The Kier molecular flexibility index (Phi) is 5.98. The number of non-ortho nitro benzene ring substituents is 1. The first-order valence-electron chi connectivity index (χ1n) is 8.62. The number of hydrogen-bond acceptors (Lipinski definition) is 5. The lowest BCUT2D eigenvalue weighted by molar-refractivity contribution is -0.384. The van der Waals surface area contributed by atoms with Gasteiger partial charge in [0.2, 0.25) is 5.91 Å². The lowest BCUT2D eigenvalue weighted by Crippen LogP contribution is -2.09. The average Bonchev–Trinajstić information content (AvgIpc) is 3.16. The van der Waals surface area contributed by atoms with Crippen molar-refractivity contribution < 1.29 is 24.0 Å². The Morgan fingerprint density at radius 3 is 2.60 bits per heavy atom. The first kappa shape index (κ1) is 20.8. The summed E-state index contributed by atoms with van der Waals surface area (Å²) in [6, 6.07) is 11.8. The molecule has 0 atom stereocenters. The molecule has 2 N–H and O–H groups in total. The number of aryl methyl sites for hydroxylation is 1. The van der Waals surface area contributed by atoms with Crippen LogP contribution in [0.5, 0.6) is 0 Å². The summed E-state index contributed by atoms with van der Waals surface area (Å²) in [5.74, 6) is -0.769. The number of furan rings is 1. The number of nitro benzene ring substituents is 1. The zero-order chi connectivity index (χ0) is 21.8. The van der Waals surface area contributed by atoms with Gasteiger partial charge in [0.1, 0.15) is 11.5 Å². The van der Waals surface area contributed by atoms with E-state index >= 15 is 0 Å². The molecule has 0 aliphatic heterocycles. The Balaban J connectivity index is 1.73. The van der Waals surface area contributed by atoms with Gasteiger partial charge in [0.15, 0.2) is 0 Å². The molecule has 2 aromatic carbocycles. The number of nitrogens with zero attached hydrogens (tertiary/aromatic N) is 1. The summed E-state index contributed by atoms with van der Waals surface area (Å²) in [5.41, 5.74) is 1.53. The van der Waals surface area contributed by atoms with Crippen LogP contribution in [-0.2, 0) is 4.79 Å². The number of carbonyl (C=O) groups excluding carboxylic acids is 1. The summed E-state index contributed by atoms with van der Waals surface area (Å²) in [5, 5.41) is 22.6. The van der Waals surface area contributed by atoms with E-state index < -0.39 is 16.8 Å². The Morgan fingerprint density at radius 1 is 1.17 bits per heavy atom. The topological polar surface area (TPSA) is 123 Å². The number of carboxylic acids is 1. The van der Waals surface area contributed by atoms with Crippen molar-refractivity contribution in [3.8, 4) is 11.3 Å². The number of amides is 1. The summed E-state index contributed by atoms with van der Waals surface area (Å²) >= 11 is 5.99. The highest BCUT2D eigenvalue weighted by Gasteiger charge is 2.12. The second-order valence-electron chi connectivity index (χ2n) is 6.28. The first-order chi connectivity index (χ1) is 14.2. The van der Waals surface area contributed by atoms with Crippen molar-refractivity contribution in [1.82, 2.24) is 0 Å². The largest absolute Gasteiger partial charge is 0.478 e. The van der Waals surface area contributed by atoms with Crippen molar-refractivity contribution in [3.05, 3.63) is 86.6 Å². The van der Waals surface area contributed by atoms with E-state index in [1.807, 2.05) is 0 Å². The summed E-state index contributed by atoms with van der Waals surface area (Å²) in [6.45, 7) is 1.74. The van der Waals surface area contributed by atoms with E-state index in [2.05, 4.69) is 5.32 Å². The Labute approximate surface area is 175 Å². The Hall–Kier alpha value is -3.91. The van der Waals surface area contributed by atoms with Crippen LogP contribution in [0.2, 0.25) is 5.02 Å². The fourth-order valence-electron chi connectivity index (χ4n) is 2.71. The van der Waals surface area contributed by atoms with Gasteiger partial charge in [0, 0.05) is 23.8 Å². The van der Waals surface area contributed by atoms with E-state index in [1.54, 1.807) is 25.1 Å². The molecular weight excluding hydrogens is 412 g/mol. The number of benzene rings is 2. The molecule has 0 aliphatic rings. The third-order valence-corrected chi connectivity index (χ3v) is 4.51. The molecule has 3 aromatic rings. The lowest BCUT2D eigenvalue weighted by atomic mass is 10.1. The van der Waals surface area contributed by atoms with Gasteiger partial charge in [0.25, 0.3) is 5.69 Å². The summed E-state index contributed by atoms with van der Waals surface area (Å²) < 4.78 is 5.69. The minimum absolute atomic E-state index is 0.00664. The zero-order valence-corrected chi connectivity index (χ0v) is 16.3. The number of anilines is 1. The number of nitro groups is 1. The molecular formula is C21H15ClN2O6. The highest BCUT2D eigenvalue weighted by Crippen LogP contribution is 2.29. The van der Waals surface area contributed by atoms with Gasteiger partial charge in [-0.25, -0.2) is 4.79 Å². The number of carboxylic acid groups (broad SMARTS) is 1. The third-order valence-electron chi connectivity index (χ3n) is 4.18. The van der Waals surface area contributed by atoms with E-state index in [-0.39, 0.29) is 22.0 Å². The minimum atomic E-state index is -1.14. The van der Waals surface area contributed by atoms with Crippen molar-refractivity contribution >= 4 is 40.9 Å². The highest BCUT2D eigenvalue weighted by atomic mass is 35.5. The molecule has 0 aliphatic carbocycles. The number of halogens is 1. The van der Waals surface area contributed by atoms with E-state index in [9.17, 15) is 19.7 Å². The second kappa shape index (κ2) is 8.62. The molecule has 0 unspecified atom stereocenters. The van der Waals surface area contributed by atoms with Crippen LogP contribution in [0.15, 0.2) is 59.0 Å². The van der Waals surface area contributed by atoms with Crippen molar-refractivity contribution in [1.29, 1.82) is 0 Å². The maximum absolute atomic E-state index is 12.1. The first-order valence-corrected chi connectivity index (χ1v) is 8.99. The van der Waals surface area contributed by atoms with Gasteiger partial charge in [0.05, 0.1) is 21.2 Å². The SMILES string of the molecule is Cc1cc([N+](=O)[O-])ccc1-c1ccc(/C=C/C(=O)Nc2cc(C(=O)O)ccc2Cl)o1. The summed E-state index contributed by atoms with van der Waals surface area (Å²) in [4.78, 5) is 33.6. The molecule has 0 fully saturated rings. The number of hydrogen-bond donors (Lipinski definition) is 2. The van der Waals surface area contributed by atoms with Gasteiger partial charge in [-0.3, -0.25) is 14.9 Å². The van der Waals surface area contributed by atoms with E-state index in [4.69, 9.17) is 21.1 Å². The third kappa shape index (κ3) is 4.73. The number of rotatable bonds is 6. The monoisotopic (exact) mass is 426 g/mol. The van der Waals surface area contributed by atoms with E-state index in [1.165, 1.54) is 42.5 Å². The zero-order valence-electron chi connectivity index (χ0n) is 15.6. The molecule has 3 rings (SSSR count). The normalized spacial score (nSPS) is 10.9. The van der Waals surface area contributed by atoms with Gasteiger partial charge >= 0.3 is 5.97 Å². The number of nitrogens with one attached hydrogen (secondary N) is 1. The van der Waals surface area contributed by atoms with Gasteiger partial charge in [-0.1, -0.05) is 11.6 Å². The molecule has 9 heteroatoms. The van der Waals surface area contributed by atoms with Gasteiger partial charge < -0.3 is 14.8 Å². The molecule has 30 heavy (non-hydrogen) atoms. The van der Waals surface area contributed by atoms with Gasteiger partial charge in [-0.05, 0) is 55.0 Å². The predicted octanol–water partition coefficient (Wildman–Crippen LogP) is 5.17. The van der Waals surface area contributed by atoms with Crippen LogP contribution in [0.3, 0.4) is 0 Å². The van der Waals surface area contributed by atoms with Crippen molar-refractivity contribution in [3.63, 3.8) is 0 Å². The molecule has 0 radical (unpaired) electrons. The quantitative estimate of drug-likeness (QED) is 0.318. The van der Waals surface area contributed by atoms with Crippen molar-refractivity contribution in [2.45, 2.75) is 6.92 Å². The molecule has 1 aromatic heterocycles. The Morgan fingerprint density at radius 2 is 1.93 bits per heavy atom. The van der Waals surface area contributed by atoms with Crippen molar-refractivity contribution in [2.24, 2.45) is 0 Å². The smallest absolute Gasteiger partial charge is 0.335 e. The molecule has 1 heterocycles. The summed E-state index contributed by atoms with van der Waals surface area (Å²) in [7, 11) is 0. The van der Waals surface area contributed by atoms with Gasteiger partial charge in [-0.2, -0.15) is 0 Å². The molecule has 0 bridgehead atoms. The van der Waals surface area contributed by atoms with E-state index in [0.717, 1.165) is 0 Å². The highest BCUT2D eigenvalue weighted by molar-refractivity contribution is 6.34.